The summed E-state index contributed by atoms with van der Waals surface area (Å²) < 4.78 is 16.8. The van der Waals surface area contributed by atoms with Crippen LogP contribution in [0.5, 0.6) is 0 Å². The highest BCUT2D eigenvalue weighted by Gasteiger charge is 2.19. The Kier molecular flexibility index (Phi) is 48.8. The number of allylic oxidation sites excluding steroid dienone is 4. The minimum absolute atomic E-state index is 0.0722. The van der Waals surface area contributed by atoms with Crippen molar-refractivity contribution in [2.45, 2.75) is 297 Å². The fourth-order valence-electron chi connectivity index (χ4n) is 7.89. The van der Waals surface area contributed by atoms with E-state index in [0.29, 0.717) is 19.3 Å². The minimum atomic E-state index is -0.772. The molecule has 0 radical (unpaired) electrons. The minimum Gasteiger partial charge on any atom is -0.462 e. The van der Waals surface area contributed by atoms with Gasteiger partial charge in [-0.1, -0.05) is 251 Å². The summed E-state index contributed by atoms with van der Waals surface area (Å²) in [4.78, 5) is 37.9. The first kappa shape index (κ1) is 58.9. The number of hydrogen-bond acceptors (Lipinski definition) is 6. The highest BCUT2D eigenvalue weighted by Crippen LogP contribution is 2.17. The zero-order valence-corrected chi connectivity index (χ0v) is 40.9. The van der Waals surface area contributed by atoms with E-state index in [1.807, 2.05) is 0 Å². The van der Waals surface area contributed by atoms with E-state index in [0.717, 1.165) is 89.9 Å². The topological polar surface area (TPSA) is 78.9 Å². The molecule has 6 heteroatoms. The van der Waals surface area contributed by atoms with Gasteiger partial charge in [-0.15, -0.1) is 0 Å². The zero-order chi connectivity index (χ0) is 44.4. The highest BCUT2D eigenvalue weighted by molar-refractivity contribution is 5.71. The molecule has 1 unspecified atom stereocenters. The van der Waals surface area contributed by atoms with E-state index in [-0.39, 0.29) is 31.1 Å². The monoisotopic (exact) mass is 859 g/mol. The van der Waals surface area contributed by atoms with Gasteiger partial charge in [0.1, 0.15) is 13.2 Å². The van der Waals surface area contributed by atoms with Gasteiger partial charge in [0.05, 0.1) is 0 Å². The molecule has 0 heterocycles. The molecule has 0 aliphatic rings. The number of carbonyl (C=O) groups excluding carboxylic acids is 3. The molecule has 0 aromatic carbocycles. The summed E-state index contributed by atoms with van der Waals surface area (Å²) in [6.07, 6.45) is 57.4. The van der Waals surface area contributed by atoms with Crippen molar-refractivity contribution >= 4 is 17.9 Å². The van der Waals surface area contributed by atoms with Crippen LogP contribution in [0, 0.1) is 0 Å². The first-order valence-corrected chi connectivity index (χ1v) is 26.8. The zero-order valence-electron chi connectivity index (χ0n) is 40.9. The molecule has 0 aromatic heterocycles. The van der Waals surface area contributed by atoms with Gasteiger partial charge in [0.15, 0.2) is 6.10 Å². The molecular formula is C55H102O6. The lowest BCUT2D eigenvalue weighted by Gasteiger charge is -2.18. The van der Waals surface area contributed by atoms with Crippen LogP contribution >= 0.6 is 0 Å². The fraction of sp³-hybridized carbons (Fsp3) is 0.873. The summed E-state index contributed by atoms with van der Waals surface area (Å²) in [5.41, 5.74) is 0. The molecule has 0 aliphatic heterocycles. The van der Waals surface area contributed by atoms with Crippen LogP contribution in [-0.2, 0) is 28.6 Å². The lowest BCUT2D eigenvalue weighted by Crippen LogP contribution is -2.30. The van der Waals surface area contributed by atoms with Gasteiger partial charge in [-0.05, 0) is 44.9 Å². The van der Waals surface area contributed by atoms with Gasteiger partial charge in [0.2, 0.25) is 0 Å². The van der Waals surface area contributed by atoms with Gasteiger partial charge >= 0.3 is 17.9 Å². The summed E-state index contributed by atoms with van der Waals surface area (Å²) in [5.74, 6) is -0.873. The van der Waals surface area contributed by atoms with E-state index in [4.69, 9.17) is 14.2 Å². The molecule has 61 heavy (non-hydrogen) atoms. The normalized spacial score (nSPS) is 12.1. The van der Waals surface area contributed by atoms with Crippen LogP contribution in [0.25, 0.3) is 0 Å². The average molecular weight is 859 g/mol. The summed E-state index contributed by atoms with van der Waals surface area (Å²) in [6.45, 7) is 6.58. The maximum atomic E-state index is 12.8. The Morgan fingerprint density at radius 1 is 0.328 bits per heavy atom. The van der Waals surface area contributed by atoms with Gasteiger partial charge in [-0.3, -0.25) is 14.4 Å². The van der Waals surface area contributed by atoms with E-state index in [1.54, 1.807) is 0 Å². The molecule has 0 amide bonds. The smallest absolute Gasteiger partial charge is 0.306 e. The highest BCUT2D eigenvalue weighted by atomic mass is 16.6. The molecule has 0 aliphatic carbocycles. The van der Waals surface area contributed by atoms with E-state index in [2.05, 4.69) is 45.1 Å². The Hall–Kier alpha value is -2.11. The predicted molar refractivity (Wildman–Crippen MR) is 261 cm³/mol. The van der Waals surface area contributed by atoms with Gasteiger partial charge < -0.3 is 14.2 Å². The Bertz CT molecular complexity index is 989. The van der Waals surface area contributed by atoms with Crippen LogP contribution in [0.4, 0.5) is 0 Å². The van der Waals surface area contributed by atoms with Crippen LogP contribution in [0.1, 0.15) is 290 Å². The molecule has 0 rings (SSSR count). The summed E-state index contributed by atoms with van der Waals surface area (Å²) in [7, 11) is 0. The lowest BCUT2D eigenvalue weighted by molar-refractivity contribution is -0.167. The summed E-state index contributed by atoms with van der Waals surface area (Å²) in [5, 5.41) is 0. The molecule has 0 spiro atoms. The average Bonchev–Trinajstić information content (AvgIpc) is 3.26. The third-order valence-corrected chi connectivity index (χ3v) is 11.9. The lowest BCUT2D eigenvalue weighted by atomic mass is 10.0. The predicted octanol–water partition coefficient (Wildman–Crippen LogP) is 17.5. The number of unbranched alkanes of at least 4 members (excludes halogenated alkanes) is 34. The first-order valence-electron chi connectivity index (χ1n) is 26.8. The van der Waals surface area contributed by atoms with Gasteiger partial charge in [0.25, 0.3) is 0 Å². The van der Waals surface area contributed by atoms with Gasteiger partial charge in [-0.2, -0.15) is 0 Å². The first-order chi connectivity index (χ1) is 30.0. The van der Waals surface area contributed by atoms with Crippen LogP contribution in [0.15, 0.2) is 24.3 Å². The Labute approximate surface area is 379 Å². The van der Waals surface area contributed by atoms with Crippen LogP contribution in [-0.4, -0.2) is 37.2 Å². The van der Waals surface area contributed by atoms with Crippen LogP contribution < -0.4 is 0 Å². The second kappa shape index (κ2) is 50.5. The molecule has 0 N–H and O–H groups in total. The molecular weight excluding hydrogens is 757 g/mol. The van der Waals surface area contributed by atoms with Crippen LogP contribution in [0.2, 0.25) is 0 Å². The van der Waals surface area contributed by atoms with E-state index >= 15 is 0 Å². The fourth-order valence-corrected chi connectivity index (χ4v) is 7.89. The van der Waals surface area contributed by atoms with Crippen molar-refractivity contribution in [1.29, 1.82) is 0 Å². The van der Waals surface area contributed by atoms with Crippen LogP contribution in [0.3, 0.4) is 0 Å². The molecule has 0 aromatic rings. The van der Waals surface area contributed by atoms with Crippen molar-refractivity contribution in [3.8, 4) is 0 Å². The molecule has 1 atom stereocenters. The number of hydrogen-bond donors (Lipinski definition) is 0. The second-order valence-corrected chi connectivity index (χ2v) is 18.2. The number of rotatable bonds is 49. The summed E-state index contributed by atoms with van der Waals surface area (Å²) in [6, 6.07) is 0. The largest absolute Gasteiger partial charge is 0.462 e. The Balaban J connectivity index is 4.24. The maximum absolute atomic E-state index is 12.8. The Morgan fingerprint density at radius 3 is 0.967 bits per heavy atom. The van der Waals surface area contributed by atoms with Crippen molar-refractivity contribution < 1.29 is 28.6 Å². The van der Waals surface area contributed by atoms with Crippen molar-refractivity contribution in [3.05, 3.63) is 24.3 Å². The van der Waals surface area contributed by atoms with E-state index in [9.17, 15) is 14.4 Å². The van der Waals surface area contributed by atoms with Crippen molar-refractivity contribution in [3.63, 3.8) is 0 Å². The molecule has 6 nitrogen and oxygen atoms in total. The SMILES string of the molecule is CCC/C=C\C/C=C\CCCCCCCC(=O)OC(COC(=O)CCCCCCCCCCCC)COC(=O)CCCCCCCCCCCCCCCCCCCCCC. The van der Waals surface area contributed by atoms with Crippen molar-refractivity contribution in [2.75, 3.05) is 13.2 Å². The quantitative estimate of drug-likeness (QED) is 0.0262. The van der Waals surface area contributed by atoms with Crippen molar-refractivity contribution in [2.24, 2.45) is 0 Å². The van der Waals surface area contributed by atoms with E-state index < -0.39 is 6.10 Å². The van der Waals surface area contributed by atoms with Gasteiger partial charge in [-0.25, -0.2) is 0 Å². The van der Waals surface area contributed by atoms with Gasteiger partial charge in [0, 0.05) is 19.3 Å². The third kappa shape index (κ3) is 48.8. The third-order valence-electron chi connectivity index (χ3n) is 11.9. The second-order valence-electron chi connectivity index (χ2n) is 18.2. The number of carbonyl (C=O) groups is 3. The van der Waals surface area contributed by atoms with E-state index in [1.165, 1.54) is 161 Å². The summed E-state index contributed by atoms with van der Waals surface area (Å²) >= 11 is 0. The molecule has 0 saturated heterocycles. The Morgan fingerprint density at radius 2 is 0.623 bits per heavy atom. The number of esters is 3. The maximum Gasteiger partial charge on any atom is 0.306 e. The molecule has 358 valence electrons. The standard InChI is InChI=1S/C55H102O6/c1-4-7-10-13-16-19-22-24-25-26-27-28-29-30-32-33-36-39-42-45-48-54(57)60-51-52(50-59-53(56)47-44-41-38-35-21-18-15-12-9-6-3)61-55(58)49-46-43-40-37-34-31-23-20-17-14-11-8-5-2/h11,14,20,23,52H,4-10,12-13,15-19,21-22,24-51H2,1-3H3/b14-11-,23-20-. The number of ether oxygens (including phenoxy) is 3. The molecule has 0 fully saturated rings. The molecule has 0 bridgehead atoms. The molecule has 0 saturated carbocycles. The van der Waals surface area contributed by atoms with Crippen molar-refractivity contribution in [1.82, 2.24) is 0 Å².